The number of para-hydroxylation sites is 3. The van der Waals surface area contributed by atoms with Crippen LogP contribution in [0.2, 0.25) is 0 Å². The summed E-state index contributed by atoms with van der Waals surface area (Å²) in [7, 11) is 0. The van der Waals surface area contributed by atoms with Gasteiger partial charge in [0.05, 0.1) is 16.5 Å². The lowest BCUT2D eigenvalue weighted by Gasteiger charge is -2.10. The molecule has 6 aromatic carbocycles. The SMILES string of the molecule is [2H]c1c([2H])c(-n2c3ccccc3c3ccc4c5ccccc5oc4c32)c([2H])c([2H])c1-c1ccc2oc3ccccc3c2c1. The third-order valence-corrected chi connectivity index (χ3v) is 7.68. The Kier molecular flexibility index (Phi) is 3.38. The van der Waals surface area contributed by atoms with E-state index >= 15 is 0 Å². The summed E-state index contributed by atoms with van der Waals surface area (Å²) >= 11 is 0. The van der Waals surface area contributed by atoms with Crippen LogP contribution in [0.1, 0.15) is 5.48 Å². The molecule has 0 saturated heterocycles. The highest BCUT2D eigenvalue weighted by Gasteiger charge is 2.18. The third kappa shape index (κ3) is 2.87. The number of hydrogen-bond acceptors (Lipinski definition) is 2. The van der Waals surface area contributed by atoms with Gasteiger partial charge in [0.2, 0.25) is 0 Å². The first-order chi connectivity index (χ1) is 21.0. The summed E-state index contributed by atoms with van der Waals surface area (Å²) < 4.78 is 51.1. The molecule has 0 saturated carbocycles. The molecule has 0 unspecified atom stereocenters. The van der Waals surface area contributed by atoms with Gasteiger partial charge >= 0.3 is 0 Å². The lowest BCUT2D eigenvalue weighted by molar-refractivity contribution is 0.669. The van der Waals surface area contributed by atoms with Crippen LogP contribution in [-0.2, 0) is 0 Å². The van der Waals surface area contributed by atoms with Crippen molar-refractivity contribution in [3.63, 3.8) is 0 Å². The Morgan fingerprint density at radius 2 is 1.13 bits per heavy atom. The van der Waals surface area contributed by atoms with Crippen LogP contribution < -0.4 is 0 Å². The molecule has 3 nitrogen and oxygen atoms in total. The molecule has 0 radical (unpaired) electrons. The van der Waals surface area contributed by atoms with Crippen molar-refractivity contribution in [2.75, 3.05) is 0 Å². The van der Waals surface area contributed by atoms with Crippen LogP contribution in [0.15, 0.2) is 136 Å². The van der Waals surface area contributed by atoms with Crippen LogP contribution in [0.4, 0.5) is 0 Å². The molecule has 0 amide bonds. The van der Waals surface area contributed by atoms with Crippen molar-refractivity contribution in [2.45, 2.75) is 0 Å². The van der Waals surface area contributed by atoms with Gasteiger partial charge in [-0.15, -0.1) is 0 Å². The average Bonchev–Trinajstić information content (AvgIpc) is 3.70. The van der Waals surface area contributed by atoms with Gasteiger partial charge in [0.15, 0.2) is 5.58 Å². The standard InChI is InChI=1S/C36H21NO2/c1-4-10-31-25(7-1)28-18-19-29-26-8-2-6-12-33(26)39-36(29)35(28)37(31)24-16-13-22(14-17-24)23-15-20-34-30(21-23)27-9-3-5-11-32(27)38-34/h1-21H/i13D,14D,16D,17D. The Morgan fingerprint density at radius 1 is 0.487 bits per heavy atom. The number of hydrogen-bond donors (Lipinski definition) is 0. The van der Waals surface area contributed by atoms with Crippen LogP contribution in [0.25, 0.3) is 82.5 Å². The van der Waals surface area contributed by atoms with Gasteiger partial charge in [-0.25, -0.2) is 0 Å². The van der Waals surface area contributed by atoms with E-state index in [1.807, 2.05) is 102 Å². The fraction of sp³-hybridized carbons (Fsp3) is 0. The molecule has 0 N–H and O–H groups in total. The van der Waals surface area contributed by atoms with Crippen molar-refractivity contribution in [3.05, 3.63) is 127 Å². The van der Waals surface area contributed by atoms with Gasteiger partial charge in [0, 0.05) is 38.0 Å². The van der Waals surface area contributed by atoms with E-state index in [2.05, 4.69) is 0 Å². The van der Waals surface area contributed by atoms with Crippen molar-refractivity contribution in [1.29, 1.82) is 0 Å². The van der Waals surface area contributed by atoms with Crippen molar-refractivity contribution >= 4 is 65.7 Å². The van der Waals surface area contributed by atoms with Gasteiger partial charge in [0.25, 0.3) is 0 Å². The summed E-state index contributed by atoms with van der Waals surface area (Å²) in [6, 6.07) is 32.6. The van der Waals surface area contributed by atoms with Crippen molar-refractivity contribution in [1.82, 2.24) is 4.57 Å². The summed E-state index contributed by atoms with van der Waals surface area (Å²) in [6.07, 6.45) is 0. The predicted octanol–water partition coefficient (Wildman–Crippen LogP) is 10.2. The normalized spacial score (nSPS) is 13.5. The van der Waals surface area contributed by atoms with Gasteiger partial charge in [-0.2, -0.15) is 0 Å². The maximum atomic E-state index is 9.27. The lowest BCUT2D eigenvalue weighted by atomic mass is 10.0. The van der Waals surface area contributed by atoms with E-state index in [0.29, 0.717) is 16.7 Å². The Bertz CT molecular complexity index is 2600. The monoisotopic (exact) mass is 503 g/mol. The first kappa shape index (κ1) is 17.3. The van der Waals surface area contributed by atoms with Crippen LogP contribution in [-0.4, -0.2) is 4.57 Å². The molecule has 0 aliphatic rings. The zero-order chi connectivity index (χ0) is 29.0. The average molecular weight is 504 g/mol. The van der Waals surface area contributed by atoms with E-state index < -0.39 is 0 Å². The van der Waals surface area contributed by atoms with Crippen molar-refractivity contribution in [3.8, 4) is 16.8 Å². The Morgan fingerprint density at radius 3 is 1.95 bits per heavy atom. The molecule has 3 aromatic heterocycles. The Labute approximate surface area is 228 Å². The molecule has 0 bridgehead atoms. The second kappa shape index (κ2) is 7.62. The van der Waals surface area contributed by atoms with E-state index in [-0.39, 0.29) is 35.4 Å². The van der Waals surface area contributed by atoms with Crippen LogP contribution in [0.5, 0.6) is 0 Å². The zero-order valence-corrected chi connectivity index (χ0v) is 20.6. The number of nitrogens with zero attached hydrogens (tertiary/aromatic N) is 1. The zero-order valence-electron chi connectivity index (χ0n) is 24.6. The fourth-order valence-electron chi connectivity index (χ4n) is 5.91. The highest BCUT2D eigenvalue weighted by molar-refractivity contribution is 6.21. The van der Waals surface area contributed by atoms with E-state index in [1.54, 1.807) is 6.07 Å². The molecule has 3 heterocycles. The minimum atomic E-state index is -0.121. The van der Waals surface area contributed by atoms with Gasteiger partial charge in [-0.05, 0) is 59.6 Å². The first-order valence-electron chi connectivity index (χ1n) is 14.9. The smallest absolute Gasteiger partial charge is 0.160 e. The summed E-state index contributed by atoms with van der Waals surface area (Å²) in [5, 5.41) is 5.57. The highest BCUT2D eigenvalue weighted by atomic mass is 16.3. The van der Waals surface area contributed by atoms with E-state index in [1.165, 1.54) is 0 Å². The molecule has 9 aromatic rings. The summed E-state index contributed by atoms with van der Waals surface area (Å²) in [4.78, 5) is 0. The summed E-state index contributed by atoms with van der Waals surface area (Å²) in [5.41, 5.74) is 5.40. The van der Waals surface area contributed by atoms with Gasteiger partial charge < -0.3 is 13.4 Å². The molecule has 0 fully saturated rings. The minimum Gasteiger partial charge on any atom is -0.456 e. The molecular weight excluding hydrogens is 478 g/mol. The molecule has 0 atom stereocenters. The third-order valence-electron chi connectivity index (χ3n) is 7.68. The second-order valence-corrected chi connectivity index (χ2v) is 9.82. The molecular formula is C36H21NO2. The lowest BCUT2D eigenvalue weighted by Crippen LogP contribution is -1.94. The van der Waals surface area contributed by atoms with Gasteiger partial charge in [-0.1, -0.05) is 78.8 Å². The number of fused-ring (bicyclic) bond motifs is 10. The first-order valence-corrected chi connectivity index (χ1v) is 12.9. The number of furan rings is 2. The van der Waals surface area contributed by atoms with E-state index in [4.69, 9.17) is 11.6 Å². The van der Waals surface area contributed by atoms with Crippen LogP contribution in [0, 0.1) is 0 Å². The van der Waals surface area contributed by atoms with E-state index in [9.17, 15) is 2.74 Å². The maximum absolute atomic E-state index is 9.27. The Hall–Kier alpha value is -5.28. The molecule has 9 rings (SSSR count). The van der Waals surface area contributed by atoms with Crippen LogP contribution in [0.3, 0.4) is 0 Å². The number of aromatic nitrogens is 1. The largest absolute Gasteiger partial charge is 0.456 e. The molecule has 0 spiro atoms. The highest BCUT2D eigenvalue weighted by Crippen LogP contribution is 2.40. The number of rotatable bonds is 2. The molecule has 3 heteroatoms. The quantitative estimate of drug-likeness (QED) is 0.235. The van der Waals surface area contributed by atoms with Gasteiger partial charge in [-0.3, -0.25) is 0 Å². The van der Waals surface area contributed by atoms with Crippen LogP contribution >= 0.6 is 0 Å². The topological polar surface area (TPSA) is 31.2 Å². The minimum absolute atomic E-state index is 0.106. The number of benzene rings is 6. The fourth-order valence-corrected chi connectivity index (χ4v) is 5.91. The predicted molar refractivity (Wildman–Crippen MR) is 161 cm³/mol. The molecule has 0 aliphatic carbocycles. The van der Waals surface area contributed by atoms with Crippen molar-refractivity contribution < 1.29 is 14.3 Å². The Balaban J connectivity index is 1.37. The molecule has 0 aliphatic heterocycles. The molecule has 39 heavy (non-hydrogen) atoms. The van der Waals surface area contributed by atoms with Crippen molar-refractivity contribution in [2.24, 2.45) is 0 Å². The maximum Gasteiger partial charge on any atom is 0.160 e. The summed E-state index contributed by atoms with van der Waals surface area (Å²) in [6.45, 7) is 0. The van der Waals surface area contributed by atoms with Gasteiger partial charge in [0.1, 0.15) is 16.7 Å². The molecule has 182 valence electrons. The second-order valence-electron chi connectivity index (χ2n) is 9.82. The van der Waals surface area contributed by atoms with E-state index in [0.717, 1.165) is 54.5 Å². The summed E-state index contributed by atoms with van der Waals surface area (Å²) in [5.74, 6) is 0.